The van der Waals surface area contributed by atoms with Crippen molar-refractivity contribution in [3.05, 3.63) is 0 Å². The van der Waals surface area contributed by atoms with E-state index in [4.69, 9.17) is 0 Å². The molecule has 0 radical (unpaired) electrons. The summed E-state index contributed by atoms with van der Waals surface area (Å²) < 4.78 is 10.8. The van der Waals surface area contributed by atoms with Crippen LogP contribution < -0.4 is 5.32 Å². The van der Waals surface area contributed by atoms with E-state index in [0.29, 0.717) is 0 Å². The Morgan fingerprint density at radius 2 is 2.00 bits per heavy atom. The summed E-state index contributed by atoms with van der Waals surface area (Å²) in [6, 6.07) is 0. The monoisotopic (exact) mass is 218 g/mol. The molecule has 0 aromatic rings. The summed E-state index contributed by atoms with van der Waals surface area (Å²) in [5, 5.41) is 3.39. The van der Waals surface area contributed by atoms with E-state index in [0.717, 1.165) is 25.3 Å². The van der Waals surface area contributed by atoms with Crippen LogP contribution in [0.2, 0.25) is 0 Å². The van der Waals surface area contributed by atoms with Crippen molar-refractivity contribution in [2.45, 2.75) is 19.3 Å². The second kappa shape index (κ2) is 7.37. The zero-order valence-corrected chi connectivity index (χ0v) is 9.94. The molecule has 0 spiro atoms. The van der Waals surface area contributed by atoms with Crippen LogP contribution in [0.15, 0.2) is 0 Å². The van der Waals surface area contributed by atoms with Crippen molar-refractivity contribution >= 4 is 10.8 Å². The molecule has 0 aromatic heterocycles. The SMILES string of the molecule is CS(=O)CCCNCCN1CCCC1. The van der Waals surface area contributed by atoms with E-state index in [2.05, 4.69) is 10.2 Å². The van der Waals surface area contributed by atoms with E-state index in [-0.39, 0.29) is 0 Å². The van der Waals surface area contributed by atoms with Crippen molar-refractivity contribution < 1.29 is 4.21 Å². The first-order valence-corrected chi connectivity index (χ1v) is 7.25. The molecule has 4 heteroatoms. The molecular formula is C10H22N2OS. The van der Waals surface area contributed by atoms with E-state index in [1.165, 1.54) is 32.5 Å². The highest BCUT2D eigenvalue weighted by Crippen LogP contribution is 2.05. The highest BCUT2D eigenvalue weighted by Gasteiger charge is 2.09. The summed E-state index contributed by atoms with van der Waals surface area (Å²) in [5.41, 5.74) is 0. The van der Waals surface area contributed by atoms with Gasteiger partial charge in [0.2, 0.25) is 0 Å². The van der Waals surface area contributed by atoms with Gasteiger partial charge in [-0.25, -0.2) is 0 Å². The molecule has 1 N–H and O–H groups in total. The number of hydrogen-bond acceptors (Lipinski definition) is 3. The largest absolute Gasteiger partial charge is 0.315 e. The normalized spacial score (nSPS) is 20.1. The lowest BCUT2D eigenvalue weighted by Gasteiger charge is -2.14. The first kappa shape index (κ1) is 12.1. The zero-order chi connectivity index (χ0) is 10.2. The Morgan fingerprint density at radius 1 is 1.29 bits per heavy atom. The van der Waals surface area contributed by atoms with Crippen molar-refractivity contribution in [1.29, 1.82) is 0 Å². The molecule has 1 unspecified atom stereocenters. The quantitative estimate of drug-likeness (QED) is 0.629. The fourth-order valence-corrected chi connectivity index (χ4v) is 2.32. The highest BCUT2D eigenvalue weighted by atomic mass is 32.2. The summed E-state index contributed by atoms with van der Waals surface area (Å²) >= 11 is 0. The average Bonchev–Trinajstić information content (AvgIpc) is 2.63. The molecule has 0 aliphatic carbocycles. The number of hydrogen-bond donors (Lipinski definition) is 1. The van der Waals surface area contributed by atoms with Crippen molar-refractivity contribution in [3.63, 3.8) is 0 Å². The van der Waals surface area contributed by atoms with Crippen LogP contribution in [0, 0.1) is 0 Å². The van der Waals surface area contributed by atoms with Gasteiger partial charge in [-0.05, 0) is 38.9 Å². The van der Waals surface area contributed by atoms with Crippen LogP contribution in [-0.4, -0.2) is 53.8 Å². The van der Waals surface area contributed by atoms with Gasteiger partial charge in [-0.2, -0.15) is 0 Å². The molecule has 14 heavy (non-hydrogen) atoms. The van der Waals surface area contributed by atoms with Gasteiger partial charge in [0.05, 0.1) is 0 Å². The Bertz CT molecular complexity index is 170. The van der Waals surface area contributed by atoms with Crippen LogP contribution >= 0.6 is 0 Å². The second-order valence-electron chi connectivity index (χ2n) is 3.93. The molecule has 3 nitrogen and oxygen atoms in total. The minimum Gasteiger partial charge on any atom is -0.315 e. The molecule has 1 aliphatic heterocycles. The third kappa shape index (κ3) is 5.73. The summed E-state index contributed by atoms with van der Waals surface area (Å²) in [6.45, 7) is 5.82. The smallest absolute Gasteiger partial charge is 0.0244 e. The van der Waals surface area contributed by atoms with Gasteiger partial charge in [0.15, 0.2) is 0 Å². The van der Waals surface area contributed by atoms with Gasteiger partial charge >= 0.3 is 0 Å². The van der Waals surface area contributed by atoms with E-state index < -0.39 is 10.8 Å². The topological polar surface area (TPSA) is 32.3 Å². The molecule has 1 atom stereocenters. The molecule has 1 fully saturated rings. The summed E-state index contributed by atoms with van der Waals surface area (Å²) in [4.78, 5) is 2.50. The summed E-state index contributed by atoms with van der Waals surface area (Å²) in [6.07, 6.45) is 5.54. The zero-order valence-electron chi connectivity index (χ0n) is 9.13. The lowest BCUT2D eigenvalue weighted by molar-refractivity contribution is 0.336. The number of nitrogens with zero attached hydrogens (tertiary/aromatic N) is 1. The molecule has 0 amide bonds. The van der Waals surface area contributed by atoms with Gasteiger partial charge in [-0.15, -0.1) is 0 Å². The van der Waals surface area contributed by atoms with Crippen LogP contribution in [0.1, 0.15) is 19.3 Å². The Balaban J connectivity index is 1.82. The molecule has 1 heterocycles. The third-order valence-electron chi connectivity index (χ3n) is 2.59. The van der Waals surface area contributed by atoms with Gasteiger partial charge in [0.25, 0.3) is 0 Å². The maximum Gasteiger partial charge on any atom is 0.0244 e. The van der Waals surface area contributed by atoms with Gasteiger partial charge in [-0.3, -0.25) is 4.21 Å². The average molecular weight is 218 g/mol. The van der Waals surface area contributed by atoms with Crippen LogP contribution in [-0.2, 0) is 10.8 Å². The van der Waals surface area contributed by atoms with Crippen molar-refractivity contribution in [2.24, 2.45) is 0 Å². The molecule has 0 bridgehead atoms. The van der Waals surface area contributed by atoms with Gasteiger partial charge in [0, 0.05) is 35.9 Å². The Kier molecular flexibility index (Phi) is 6.39. The molecular weight excluding hydrogens is 196 g/mol. The Hall–Kier alpha value is 0.0700. The molecule has 1 aliphatic rings. The first-order valence-electron chi connectivity index (χ1n) is 5.52. The molecule has 1 saturated heterocycles. The number of rotatable bonds is 7. The van der Waals surface area contributed by atoms with E-state index in [9.17, 15) is 4.21 Å². The molecule has 0 saturated carbocycles. The molecule has 84 valence electrons. The van der Waals surface area contributed by atoms with Gasteiger partial charge in [0.1, 0.15) is 0 Å². The van der Waals surface area contributed by atoms with Crippen molar-refractivity contribution in [2.75, 3.05) is 44.7 Å². The standard InChI is InChI=1S/C10H22N2OS/c1-14(13)10-4-5-11-6-9-12-7-2-3-8-12/h11H,2-10H2,1H3. The number of nitrogens with one attached hydrogen (secondary N) is 1. The van der Waals surface area contributed by atoms with E-state index in [1.54, 1.807) is 6.26 Å². The fraction of sp³-hybridized carbons (Fsp3) is 1.00. The van der Waals surface area contributed by atoms with Crippen molar-refractivity contribution in [1.82, 2.24) is 10.2 Å². The third-order valence-corrected chi connectivity index (χ3v) is 3.45. The van der Waals surface area contributed by atoms with Crippen LogP contribution in [0.3, 0.4) is 0 Å². The minimum atomic E-state index is -0.623. The predicted molar refractivity (Wildman–Crippen MR) is 62.1 cm³/mol. The first-order chi connectivity index (χ1) is 6.79. The maximum absolute atomic E-state index is 10.8. The number of likely N-dealkylation sites (tertiary alicyclic amines) is 1. The maximum atomic E-state index is 10.8. The second-order valence-corrected chi connectivity index (χ2v) is 5.48. The molecule has 0 aromatic carbocycles. The van der Waals surface area contributed by atoms with Gasteiger partial charge < -0.3 is 10.2 Å². The van der Waals surface area contributed by atoms with Crippen LogP contribution in [0.4, 0.5) is 0 Å². The van der Waals surface area contributed by atoms with Crippen LogP contribution in [0.25, 0.3) is 0 Å². The minimum absolute atomic E-state index is 0.623. The van der Waals surface area contributed by atoms with Gasteiger partial charge in [-0.1, -0.05) is 0 Å². The Labute approximate surface area is 89.7 Å². The Morgan fingerprint density at radius 3 is 2.64 bits per heavy atom. The fourth-order valence-electron chi connectivity index (χ4n) is 1.77. The lowest BCUT2D eigenvalue weighted by Crippen LogP contribution is -2.30. The van der Waals surface area contributed by atoms with Crippen LogP contribution in [0.5, 0.6) is 0 Å². The molecule has 1 rings (SSSR count). The van der Waals surface area contributed by atoms with E-state index in [1.807, 2.05) is 0 Å². The predicted octanol–water partition coefficient (Wildman–Crippen LogP) is 0.440. The summed E-state index contributed by atoms with van der Waals surface area (Å²) in [5.74, 6) is 0.830. The highest BCUT2D eigenvalue weighted by molar-refractivity contribution is 7.84. The summed E-state index contributed by atoms with van der Waals surface area (Å²) in [7, 11) is -0.623. The lowest BCUT2D eigenvalue weighted by atomic mass is 10.4. The van der Waals surface area contributed by atoms with Crippen molar-refractivity contribution in [3.8, 4) is 0 Å². The van der Waals surface area contributed by atoms with E-state index >= 15 is 0 Å².